The Balaban J connectivity index is 1.33. The molecule has 2 N–H and O–H groups in total. The van der Waals surface area contributed by atoms with Crippen molar-refractivity contribution in [1.29, 1.82) is 5.26 Å². The van der Waals surface area contributed by atoms with Crippen molar-refractivity contribution in [2.75, 3.05) is 37.6 Å². The summed E-state index contributed by atoms with van der Waals surface area (Å²) in [6, 6.07) is 7.22. The number of nitriles is 1. The Morgan fingerprint density at radius 1 is 1.28 bits per heavy atom. The number of halogens is 2. The van der Waals surface area contributed by atoms with E-state index < -0.39 is 0 Å². The quantitative estimate of drug-likeness (QED) is 0.499. The zero-order valence-electron chi connectivity index (χ0n) is 20.1. The van der Waals surface area contributed by atoms with Crippen LogP contribution in [0.5, 0.6) is 0 Å². The van der Waals surface area contributed by atoms with E-state index in [-0.39, 0.29) is 17.6 Å². The molecule has 188 valence electrons. The van der Waals surface area contributed by atoms with Crippen LogP contribution in [0, 0.1) is 23.2 Å². The Morgan fingerprint density at radius 2 is 2.08 bits per heavy atom. The number of hydrogen-bond acceptors (Lipinski definition) is 7. The molecule has 0 saturated carbocycles. The molecular weight excluding hydrogens is 499 g/mol. The predicted octanol–water partition coefficient (Wildman–Crippen LogP) is 3.64. The number of nitrogens with two attached hydrogens (primary N) is 1. The number of primary amides is 1. The summed E-state index contributed by atoms with van der Waals surface area (Å²) in [7, 11) is 0. The van der Waals surface area contributed by atoms with E-state index in [0.29, 0.717) is 39.5 Å². The highest BCUT2D eigenvalue weighted by atomic mass is 35.5. The minimum atomic E-state index is -0.262. The van der Waals surface area contributed by atoms with Crippen LogP contribution in [0.25, 0.3) is 11.2 Å². The highest BCUT2D eigenvalue weighted by Crippen LogP contribution is 2.35. The molecule has 1 aromatic carbocycles. The summed E-state index contributed by atoms with van der Waals surface area (Å²) in [4.78, 5) is 25.2. The maximum Gasteiger partial charge on any atom is 0.218 e. The first kappa shape index (κ1) is 24.8. The number of amides is 1. The van der Waals surface area contributed by atoms with Crippen molar-refractivity contribution in [2.45, 2.75) is 32.2 Å². The maximum absolute atomic E-state index is 11.2. The third-order valence-electron chi connectivity index (χ3n) is 7.39. The molecule has 2 saturated heterocycles. The van der Waals surface area contributed by atoms with Gasteiger partial charge >= 0.3 is 0 Å². The Bertz CT molecular complexity index is 1330. The van der Waals surface area contributed by atoms with Crippen molar-refractivity contribution in [2.24, 2.45) is 17.6 Å². The van der Waals surface area contributed by atoms with E-state index in [1.54, 1.807) is 23.0 Å². The van der Waals surface area contributed by atoms with Crippen molar-refractivity contribution in [3.63, 3.8) is 0 Å². The van der Waals surface area contributed by atoms with Crippen LogP contribution in [0.1, 0.15) is 43.5 Å². The van der Waals surface area contributed by atoms with Crippen LogP contribution in [-0.4, -0.2) is 63.3 Å². The first-order valence-corrected chi connectivity index (χ1v) is 13.0. The van der Waals surface area contributed by atoms with Crippen molar-refractivity contribution in [3.05, 3.63) is 45.7 Å². The first-order chi connectivity index (χ1) is 17.3. The Morgan fingerprint density at radius 3 is 2.81 bits per heavy atom. The molecule has 5 rings (SSSR count). The highest BCUT2D eigenvalue weighted by molar-refractivity contribution is 6.35. The number of anilines is 1. The van der Waals surface area contributed by atoms with Crippen molar-refractivity contribution < 1.29 is 4.79 Å². The zero-order valence-corrected chi connectivity index (χ0v) is 21.6. The average Bonchev–Trinajstić information content (AvgIpc) is 3.20. The normalized spacial score (nSPS) is 19.7. The minimum absolute atomic E-state index is 0.237. The number of hydrogen-bond donors (Lipinski definition) is 1. The number of piperidine rings is 1. The fourth-order valence-corrected chi connectivity index (χ4v) is 5.88. The van der Waals surface area contributed by atoms with Gasteiger partial charge in [0.1, 0.15) is 17.4 Å². The molecule has 11 heteroatoms. The van der Waals surface area contributed by atoms with Gasteiger partial charge < -0.3 is 15.5 Å². The number of rotatable bonds is 7. The van der Waals surface area contributed by atoms with E-state index in [4.69, 9.17) is 33.9 Å². The summed E-state index contributed by atoms with van der Waals surface area (Å²) < 4.78 is 1.72. The lowest BCUT2D eigenvalue weighted by atomic mass is 9.80. The molecule has 2 aliphatic rings. The number of aromatic nitrogens is 4. The number of carbonyl (C=O) groups excluding carboxylic acids is 1. The molecular formula is C25H28Cl2N8O. The van der Waals surface area contributed by atoms with Crippen LogP contribution < -0.4 is 10.6 Å². The van der Waals surface area contributed by atoms with Gasteiger partial charge in [0.15, 0.2) is 11.3 Å². The average molecular weight is 527 g/mol. The van der Waals surface area contributed by atoms with Crippen LogP contribution in [0.4, 0.5) is 5.82 Å². The zero-order chi connectivity index (χ0) is 25.4. The van der Waals surface area contributed by atoms with E-state index in [0.717, 1.165) is 50.5 Å². The van der Waals surface area contributed by atoms with Gasteiger partial charge in [-0.15, -0.1) is 0 Å². The van der Waals surface area contributed by atoms with E-state index >= 15 is 0 Å². The van der Waals surface area contributed by atoms with Gasteiger partial charge in [-0.2, -0.15) is 10.4 Å². The number of nitrogens with zero attached hydrogens (tertiary/aromatic N) is 7. The lowest BCUT2D eigenvalue weighted by molar-refractivity contribution is -0.118. The predicted molar refractivity (Wildman–Crippen MR) is 139 cm³/mol. The Kier molecular flexibility index (Phi) is 7.02. The number of carbonyl (C=O) groups is 1. The summed E-state index contributed by atoms with van der Waals surface area (Å²) in [5.74, 6) is 1.71. The van der Waals surface area contributed by atoms with Crippen LogP contribution in [-0.2, 0) is 4.79 Å². The summed E-state index contributed by atoms with van der Waals surface area (Å²) in [6.45, 7) is 6.56. The molecule has 36 heavy (non-hydrogen) atoms. The maximum atomic E-state index is 11.2. The molecule has 1 unspecified atom stereocenters. The monoisotopic (exact) mass is 526 g/mol. The van der Waals surface area contributed by atoms with Gasteiger partial charge in [-0.05, 0) is 55.8 Å². The van der Waals surface area contributed by atoms with Crippen molar-refractivity contribution in [1.82, 2.24) is 24.6 Å². The third-order valence-corrected chi connectivity index (χ3v) is 7.96. The molecule has 2 atom stereocenters. The molecule has 2 fully saturated rings. The van der Waals surface area contributed by atoms with Gasteiger partial charge in [0, 0.05) is 42.6 Å². The molecule has 0 aliphatic carbocycles. The van der Waals surface area contributed by atoms with E-state index in [9.17, 15) is 10.1 Å². The Labute approximate surface area is 219 Å². The molecule has 2 aromatic heterocycles. The van der Waals surface area contributed by atoms with Gasteiger partial charge in [0.25, 0.3) is 0 Å². The third kappa shape index (κ3) is 4.85. The second-order valence-electron chi connectivity index (χ2n) is 9.73. The topological polar surface area (TPSA) is 117 Å². The van der Waals surface area contributed by atoms with E-state index in [2.05, 4.69) is 26.0 Å². The van der Waals surface area contributed by atoms with Crippen molar-refractivity contribution in [3.8, 4) is 6.07 Å². The van der Waals surface area contributed by atoms with Gasteiger partial charge in [0.2, 0.25) is 5.91 Å². The van der Waals surface area contributed by atoms with Gasteiger partial charge in [-0.3, -0.25) is 4.79 Å². The summed E-state index contributed by atoms with van der Waals surface area (Å²) >= 11 is 12.5. The van der Waals surface area contributed by atoms with Crippen LogP contribution in [0.3, 0.4) is 0 Å². The molecule has 9 nitrogen and oxygen atoms in total. The number of fused-ring (bicyclic) bond motifs is 1. The van der Waals surface area contributed by atoms with Gasteiger partial charge in [0.05, 0.1) is 12.2 Å². The molecule has 2 aliphatic heterocycles. The lowest BCUT2D eigenvalue weighted by Gasteiger charge is -2.47. The molecule has 0 spiro atoms. The summed E-state index contributed by atoms with van der Waals surface area (Å²) in [6.07, 6.45) is 4.49. The van der Waals surface area contributed by atoms with E-state index in [1.165, 1.54) is 6.42 Å². The number of likely N-dealkylation sites (tertiary alicyclic amines) is 1. The van der Waals surface area contributed by atoms with Gasteiger partial charge in [-0.25, -0.2) is 14.6 Å². The first-order valence-electron chi connectivity index (χ1n) is 12.2. The van der Waals surface area contributed by atoms with Crippen LogP contribution in [0.15, 0.2) is 24.4 Å². The fourth-order valence-electron chi connectivity index (χ4n) is 5.31. The van der Waals surface area contributed by atoms with Crippen LogP contribution >= 0.6 is 23.2 Å². The SMILES string of the molecule is C[C@H](c1ccc(Cl)cc1Cl)n1nc(C#N)c2ncc(N3CC(C4CCCN(CCC(N)=O)C4)C3)nc21. The standard InChI is InChI=1S/C25H28Cl2N8O/c1-15(19-5-4-18(26)9-20(19)27)35-25-24(21(10-28)32-35)30-11-23(31-25)34-13-17(14-34)16-3-2-7-33(12-16)8-6-22(29)36/h4-5,9,11,15-17H,2-3,6-8,12-14H2,1H3,(H2,29,36)/t15-,16?/m1/s1. The molecule has 0 radical (unpaired) electrons. The summed E-state index contributed by atoms with van der Waals surface area (Å²) in [5.41, 5.74) is 7.44. The second kappa shape index (κ2) is 10.2. The molecule has 0 bridgehead atoms. The largest absolute Gasteiger partial charge is 0.370 e. The van der Waals surface area contributed by atoms with Crippen molar-refractivity contribution >= 4 is 46.1 Å². The molecule has 4 heterocycles. The highest BCUT2D eigenvalue weighted by Gasteiger charge is 2.36. The minimum Gasteiger partial charge on any atom is -0.370 e. The fraction of sp³-hybridized carbons (Fsp3) is 0.480. The molecule has 3 aromatic rings. The van der Waals surface area contributed by atoms with Crippen LogP contribution in [0.2, 0.25) is 10.0 Å². The smallest absolute Gasteiger partial charge is 0.218 e. The molecule has 1 amide bonds. The van der Waals surface area contributed by atoms with E-state index in [1.807, 2.05) is 13.0 Å². The lowest BCUT2D eigenvalue weighted by Crippen LogP contribution is -2.54. The second-order valence-corrected chi connectivity index (χ2v) is 10.6. The number of benzene rings is 1. The van der Waals surface area contributed by atoms with Gasteiger partial charge in [-0.1, -0.05) is 29.3 Å². The summed E-state index contributed by atoms with van der Waals surface area (Å²) in [5, 5.41) is 15.2. The Hall–Kier alpha value is -2.93.